The van der Waals surface area contributed by atoms with E-state index in [1.54, 1.807) is 0 Å². The molecule has 0 aliphatic heterocycles. The highest BCUT2D eigenvalue weighted by molar-refractivity contribution is 5.76. The van der Waals surface area contributed by atoms with Gasteiger partial charge in [0.2, 0.25) is 5.91 Å². The highest BCUT2D eigenvalue weighted by Gasteiger charge is 2.13. The first-order chi connectivity index (χ1) is 14.6. The lowest BCUT2D eigenvalue weighted by Gasteiger charge is -2.14. The largest absolute Gasteiger partial charge is 0.445 e. The number of benzene rings is 2. The van der Waals surface area contributed by atoms with E-state index in [9.17, 15) is 14.9 Å². The molecule has 0 fully saturated rings. The molecule has 6 heteroatoms. The number of carbonyl (C=O) groups is 2. The highest BCUT2D eigenvalue weighted by atomic mass is 16.5. The number of ether oxygens (including phenoxy) is 1. The maximum absolute atomic E-state index is 12.1. The number of hydrogen-bond donors (Lipinski definition) is 2. The number of hydrogen-bond acceptors (Lipinski definition) is 4. The van der Waals surface area contributed by atoms with E-state index < -0.39 is 6.09 Å². The minimum Gasteiger partial charge on any atom is -0.445 e. The van der Waals surface area contributed by atoms with Crippen molar-refractivity contribution in [2.24, 2.45) is 5.92 Å². The van der Waals surface area contributed by atoms with Crippen molar-refractivity contribution in [2.45, 2.75) is 38.7 Å². The van der Waals surface area contributed by atoms with Crippen LogP contribution in [0, 0.1) is 17.2 Å². The van der Waals surface area contributed by atoms with Gasteiger partial charge < -0.3 is 15.4 Å². The summed E-state index contributed by atoms with van der Waals surface area (Å²) in [6, 6.07) is 21.4. The fourth-order valence-corrected chi connectivity index (χ4v) is 3.03. The lowest BCUT2D eigenvalue weighted by Crippen LogP contribution is -2.29. The molecule has 0 aromatic heterocycles. The SMILES string of the molecule is CC(CCNC(=O)OCc1ccccc1)CC(=O)NCCC(C#N)c1ccccc1. The Balaban J connectivity index is 1.57. The molecule has 2 aromatic carbocycles. The minimum atomic E-state index is -0.459. The minimum absolute atomic E-state index is 0.0427. The monoisotopic (exact) mass is 407 g/mol. The van der Waals surface area contributed by atoms with Crippen LogP contribution in [0.2, 0.25) is 0 Å². The third-order valence-electron chi connectivity index (χ3n) is 4.77. The summed E-state index contributed by atoms with van der Waals surface area (Å²) in [5, 5.41) is 14.9. The van der Waals surface area contributed by atoms with E-state index in [4.69, 9.17) is 4.74 Å². The second-order valence-electron chi connectivity index (χ2n) is 7.32. The lowest BCUT2D eigenvalue weighted by atomic mass is 9.97. The zero-order valence-electron chi connectivity index (χ0n) is 17.3. The number of rotatable bonds is 11. The number of alkyl carbamates (subject to hydrolysis) is 1. The zero-order chi connectivity index (χ0) is 21.6. The van der Waals surface area contributed by atoms with Crippen molar-refractivity contribution in [3.05, 3.63) is 71.8 Å². The highest BCUT2D eigenvalue weighted by Crippen LogP contribution is 2.17. The van der Waals surface area contributed by atoms with Crippen molar-refractivity contribution in [1.29, 1.82) is 5.26 Å². The van der Waals surface area contributed by atoms with E-state index in [0.717, 1.165) is 11.1 Å². The molecule has 2 N–H and O–H groups in total. The number of carbonyl (C=O) groups excluding carboxylic acids is 2. The summed E-state index contributed by atoms with van der Waals surface area (Å²) in [5.41, 5.74) is 1.90. The molecule has 0 bridgehead atoms. The maximum atomic E-state index is 12.1. The average molecular weight is 408 g/mol. The number of nitrogens with zero attached hydrogens (tertiary/aromatic N) is 1. The van der Waals surface area contributed by atoms with Crippen LogP contribution < -0.4 is 10.6 Å². The van der Waals surface area contributed by atoms with E-state index in [1.165, 1.54) is 0 Å². The first-order valence-electron chi connectivity index (χ1n) is 10.2. The topological polar surface area (TPSA) is 91.2 Å². The fraction of sp³-hybridized carbons (Fsp3) is 0.375. The van der Waals surface area contributed by atoms with E-state index in [0.29, 0.717) is 32.4 Å². The lowest BCUT2D eigenvalue weighted by molar-refractivity contribution is -0.121. The molecular formula is C24H29N3O3. The molecule has 2 unspecified atom stereocenters. The van der Waals surface area contributed by atoms with Gasteiger partial charge in [-0.15, -0.1) is 0 Å². The first-order valence-corrected chi connectivity index (χ1v) is 10.2. The molecule has 0 radical (unpaired) electrons. The van der Waals surface area contributed by atoms with Gasteiger partial charge in [0.15, 0.2) is 0 Å². The van der Waals surface area contributed by atoms with Gasteiger partial charge in [-0.2, -0.15) is 5.26 Å². The summed E-state index contributed by atoms with van der Waals surface area (Å²) >= 11 is 0. The van der Waals surface area contributed by atoms with Crippen LogP contribution in [0.25, 0.3) is 0 Å². The van der Waals surface area contributed by atoms with Gasteiger partial charge in [0.1, 0.15) is 6.61 Å². The van der Waals surface area contributed by atoms with Crippen molar-refractivity contribution in [3.63, 3.8) is 0 Å². The van der Waals surface area contributed by atoms with Crippen LogP contribution in [-0.4, -0.2) is 25.1 Å². The smallest absolute Gasteiger partial charge is 0.407 e. The van der Waals surface area contributed by atoms with Crippen LogP contribution >= 0.6 is 0 Å². The van der Waals surface area contributed by atoms with Crippen LogP contribution in [0.4, 0.5) is 4.79 Å². The summed E-state index contributed by atoms with van der Waals surface area (Å²) < 4.78 is 5.16. The van der Waals surface area contributed by atoms with Gasteiger partial charge in [0.25, 0.3) is 0 Å². The predicted octanol–water partition coefficient (Wildman–Crippen LogP) is 4.14. The van der Waals surface area contributed by atoms with Crippen molar-refractivity contribution in [2.75, 3.05) is 13.1 Å². The second-order valence-corrected chi connectivity index (χ2v) is 7.32. The van der Waals surface area contributed by atoms with Gasteiger partial charge in [0, 0.05) is 19.5 Å². The third kappa shape index (κ3) is 8.78. The van der Waals surface area contributed by atoms with E-state index in [-0.39, 0.29) is 24.3 Å². The summed E-state index contributed by atoms with van der Waals surface area (Å²) in [7, 11) is 0. The van der Waals surface area contributed by atoms with E-state index >= 15 is 0 Å². The zero-order valence-corrected chi connectivity index (χ0v) is 17.3. The predicted molar refractivity (Wildman–Crippen MR) is 115 cm³/mol. The molecule has 2 aromatic rings. The Labute approximate surface area is 178 Å². The molecule has 2 amide bonds. The molecule has 6 nitrogen and oxygen atoms in total. The van der Waals surface area contributed by atoms with Crippen LogP contribution in [0.1, 0.15) is 43.2 Å². The molecule has 30 heavy (non-hydrogen) atoms. The van der Waals surface area contributed by atoms with Crippen molar-refractivity contribution < 1.29 is 14.3 Å². The Morgan fingerprint density at radius 2 is 1.60 bits per heavy atom. The van der Waals surface area contributed by atoms with Crippen LogP contribution in [0.5, 0.6) is 0 Å². The van der Waals surface area contributed by atoms with E-state index in [1.807, 2.05) is 67.6 Å². The van der Waals surface area contributed by atoms with Crippen molar-refractivity contribution >= 4 is 12.0 Å². The number of nitrogens with one attached hydrogen (secondary N) is 2. The van der Waals surface area contributed by atoms with Gasteiger partial charge in [-0.05, 0) is 29.9 Å². The van der Waals surface area contributed by atoms with Gasteiger partial charge in [-0.25, -0.2) is 4.79 Å². The standard InChI is InChI=1S/C24H29N3O3/c1-19(12-14-27-24(29)30-18-20-8-4-2-5-9-20)16-23(28)26-15-13-22(17-25)21-10-6-3-7-11-21/h2-11,19,22H,12-16,18H2,1H3,(H,26,28)(H,27,29). The third-order valence-corrected chi connectivity index (χ3v) is 4.77. The van der Waals surface area contributed by atoms with Gasteiger partial charge in [0.05, 0.1) is 12.0 Å². The summed E-state index contributed by atoms with van der Waals surface area (Å²) in [4.78, 5) is 23.8. The fourth-order valence-electron chi connectivity index (χ4n) is 3.03. The number of amides is 2. The molecule has 0 spiro atoms. The average Bonchev–Trinajstić information content (AvgIpc) is 2.76. The second kappa shape index (κ2) is 13.0. The summed E-state index contributed by atoms with van der Waals surface area (Å²) in [6.45, 7) is 3.12. The van der Waals surface area contributed by atoms with Gasteiger partial charge in [-0.1, -0.05) is 67.6 Å². The van der Waals surface area contributed by atoms with Gasteiger partial charge >= 0.3 is 6.09 Å². The Hall–Kier alpha value is -3.33. The molecule has 0 saturated carbocycles. The number of nitriles is 1. The van der Waals surface area contributed by atoms with Crippen molar-refractivity contribution in [1.82, 2.24) is 10.6 Å². The molecule has 2 atom stereocenters. The van der Waals surface area contributed by atoms with Gasteiger partial charge in [-0.3, -0.25) is 4.79 Å². The normalized spacial score (nSPS) is 12.3. The molecule has 0 heterocycles. The molecule has 0 saturated heterocycles. The van der Waals surface area contributed by atoms with Crippen LogP contribution in [0.15, 0.2) is 60.7 Å². The Bertz CT molecular complexity index is 819. The van der Waals surface area contributed by atoms with Crippen molar-refractivity contribution in [3.8, 4) is 6.07 Å². The molecule has 0 aliphatic carbocycles. The Morgan fingerprint density at radius 3 is 2.27 bits per heavy atom. The Morgan fingerprint density at radius 1 is 0.967 bits per heavy atom. The molecule has 0 aliphatic rings. The molecule has 158 valence electrons. The summed E-state index contributed by atoms with van der Waals surface area (Å²) in [6.07, 6.45) is 1.18. The molecule has 2 rings (SSSR count). The van der Waals surface area contributed by atoms with Crippen LogP contribution in [-0.2, 0) is 16.1 Å². The Kier molecular flexibility index (Phi) is 9.94. The maximum Gasteiger partial charge on any atom is 0.407 e. The quantitative estimate of drug-likeness (QED) is 0.586. The first kappa shape index (κ1) is 23.0. The van der Waals surface area contributed by atoms with Crippen LogP contribution in [0.3, 0.4) is 0 Å². The summed E-state index contributed by atoms with van der Waals surface area (Å²) in [5.74, 6) is -0.144. The van der Waals surface area contributed by atoms with E-state index in [2.05, 4.69) is 16.7 Å². The molecular weight excluding hydrogens is 378 g/mol.